The van der Waals surface area contributed by atoms with Crippen LogP contribution in [0.3, 0.4) is 0 Å². The minimum atomic E-state index is -4.77. The van der Waals surface area contributed by atoms with Crippen LogP contribution in [0.15, 0.2) is 54.6 Å². The first-order valence-electron chi connectivity index (χ1n) is 9.93. The summed E-state index contributed by atoms with van der Waals surface area (Å²) in [6.45, 7) is 0.814. The molecule has 2 heterocycles. The molecule has 1 aliphatic heterocycles. The van der Waals surface area contributed by atoms with E-state index in [1.54, 1.807) is 24.3 Å². The number of aromatic nitrogens is 2. The average molecular weight is 473 g/mol. The summed E-state index contributed by atoms with van der Waals surface area (Å²) in [5.74, 6) is -1.56. The second-order valence-corrected chi connectivity index (χ2v) is 7.86. The van der Waals surface area contributed by atoms with Gasteiger partial charge < -0.3 is 16.0 Å². The highest BCUT2D eigenvalue weighted by Gasteiger charge is 2.36. The summed E-state index contributed by atoms with van der Waals surface area (Å²) in [5, 5.41) is 6.14. The molecule has 0 aliphatic carbocycles. The zero-order valence-electron chi connectivity index (χ0n) is 17.1. The lowest BCUT2D eigenvalue weighted by Gasteiger charge is -2.18. The van der Waals surface area contributed by atoms with Gasteiger partial charge in [0, 0.05) is 29.5 Å². The van der Waals surface area contributed by atoms with Crippen molar-refractivity contribution < 1.29 is 22.8 Å². The fraction of sp³-hybridized carbons (Fsp3) is 0.182. The number of alkyl halides is 3. The number of nitrogens with zero attached hydrogens (tertiary/aromatic N) is 3. The number of amides is 2. The van der Waals surface area contributed by atoms with Crippen LogP contribution < -0.4 is 16.0 Å². The summed E-state index contributed by atoms with van der Waals surface area (Å²) < 4.78 is 40.8. The Bertz CT molecular complexity index is 1240. The van der Waals surface area contributed by atoms with Gasteiger partial charge >= 0.3 is 6.18 Å². The van der Waals surface area contributed by atoms with Crippen molar-refractivity contribution in [1.29, 1.82) is 0 Å². The van der Waals surface area contributed by atoms with Crippen molar-refractivity contribution in [2.24, 2.45) is 5.73 Å². The Morgan fingerprint density at radius 3 is 2.39 bits per heavy atom. The van der Waals surface area contributed by atoms with E-state index in [2.05, 4.69) is 10.4 Å². The Balaban J connectivity index is 1.64. The number of halogens is 3. The third-order valence-corrected chi connectivity index (χ3v) is 5.54. The van der Waals surface area contributed by atoms with Gasteiger partial charge in [-0.25, -0.2) is 4.68 Å². The Morgan fingerprint density at radius 1 is 1.06 bits per heavy atom. The summed E-state index contributed by atoms with van der Waals surface area (Å²) in [5.41, 5.74) is 5.09. The van der Waals surface area contributed by atoms with E-state index in [4.69, 9.17) is 18.0 Å². The van der Waals surface area contributed by atoms with Crippen LogP contribution in [0, 0.1) is 0 Å². The van der Waals surface area contributed by atoms with Crippen LogP contribution in [-0.2, 0) is 6.18 Å². The zero-order chi connectivity index (χ0) is 23.8. The molecular formula is C22H18F3N5O2S. The average Bonchev–Trinajstić information content (AvgIpc) is 3.41. The van der Waals surface area contributed by atoms with Gasteiger partial charge in [0.05, 0.1) is 10.7 Å². The highest BCUT2D eigenvalue weighted by Crippen LogP contribution is 2.30. The van der Waals surface area contributed by atoms with Crippen molar-refractivity contribution in [3.63, 3.8) is 0 Å². The number of hydrogen-bond acceptors (Lipinski definition) is 4. The monoisotopic (exact) mass is 473 g/mol. The SMILES string of the molecule is NC(=O)c1cccc(-n2nc(C(F)(F)F)cc2C(=O)Nc2ccc(N3CCCC3=S)cc2)c1. The van der Waals surface area contributed by atoms with Crippen LogP contribution >= 0.6 is 12.2 Å². The van der Waals surface area contributed by atoms with E-state index in [9.17, 15) is 22.8 Å². The smallest absolute Gasteiger partial charge is 0.366 e. The molecule has 1 fully saturated rings. The van der Waals surface area contributed by atoms with Gasteiger partial charge in [-0.3, -0.25) is 9.59 Å². The summed E-state index contributed by atoms with van der Waals surface area (Å²) in [7, 11) is 0. The fourth-order valence-corrected chi connectivity index (χ4v) is 3.85. The summed E-state index contributed by atoms with van der Waals surface area (Å²) >= 11 is 5.33. The quantitative estimate of drug-likeness (QED) is 0.543. The van der Waals surface area contributed by atoms with Crippen LogP contribution in [0.4, 0.5) is 24.5 Å². The molecule has 2 amide bonds. The maximum atomic E-state index is 13.3. The van der Waals surface area contributed by atoms with Crippen molar-refractivity contribution in [3.05, 3.63) is 71.5 Å². The first-order valence-corrected chi connectivity index (χ1v) is 10.3. The molecule has 0 atom stereocenters. The van der Waals surface area contributed by atoms with E-state index in [1.165, 1.54) is 24.3 Å². The minimum Gasteiger partial charge on any atom is -0.366 e. The van der Waals surface area contributed by atoms with Crippen molar-refractivity contribution >= 4 is 40.4 Å². The van der Waals surface area contributed by atoms with Crippen LogP contribution in [0.5, 0.6) is 0 Å². The predicted octanol–water partition coefficient (Wildman–Crippen LogP) is 4.17. The van der Waals surface area contributed by atoms with Gasteiger partial charge in [-0.2, -0.15) is 18.3 Å². The van der Waals surface area contributed by atoms with Gasteiger partial charge in [0.2, 0.25) is 5.91 Å². The molecule has 0 bridgehead atoms. The first kappa shape index (κ1) is 22.5. The largest absolute Gasteiger partial charge is 0.435 e. The third-order valence-electron chi connectivity index (χ3n) is 5.12. The molecule has 33 heavy (non-hydrogen) atoms. The maximum absolute atomic E-state index is 13.3. The molecule has 3 N–H and O–H groups in total. The Labute approximate surface area is 192 Å². The third kappa shape index (κ3) is 4.72. The maximum Gasteiger partial charge on any atom is 0.435 e. The van der Waals surface area contributed by atoms with Crippen LogP contribution in [0.2, 0.25) is 0 Å². The number of benzene rings is 2. The molecule has 0 unspecified atom stereocenters. The first-order chi connectivity index (χ1) is 15.6. The fourth-order valence-electron chi connectivity index (χ4n) is 3.51. The highest BCUT2D eigenvalue weighted by atomic mass is 32.1. The van der Waals surface area contributed by atoms with Gasteiger partial charge in [0.15, 0.2) is 5.69 Å². The molecule has 1 aromatic heterocycles. The van der Waals surface area contributed by atoms with Crippen molar-refractivity contribution in [1.82, 2.24) is 9.78 Å². The van der Waals surface area contributed by atoms with E-state index in [1.807, 2.05) is 4.90 Å². The summed E-state index contributed by atoms with van der Waals surface area (Å²) in [6, 6.07) is 13.0. The molecule has 1 aliphatic rings. The Hall–Kier alpha value is -3.73. The number of carbonyl (C=O) groups is 2. The number of nitrogens with two attached hydrogens (primary N) is 1. The number of rotatable bonds is 5. The van der Waals surface area contributed by atoms with Crippen LogP contribution in [0.25, 0.3) is 5.69 Å². The second kappa shape index (κ2) is 8.66. The zero-order valence-corrected chi connectivity index (χ0v) is 17.9. The Morgan fingerprint density at radius 2 is 1.79 bits per heavy atom. The van der Waals surface area contributed by atoms with Crippen molar-refractivity contribution in [2.75, 3.05) is 16.8 Å². The number of nitrogens with one attached hydrogen (secondary N) is 1. The minimum absolute atomic E-state index is 0.0679. The molecule has 7 nitrogen and oxygen atoms in total. The summed E-state index contributed by atoms with van der Waals surface area (Å²) in [6.07, 6.45) is -2.95. The summed E-state index contributed by atoms with van der Waals surface area (Å²) in [4.78, 5) is 27.2. The van der Waals surface area contributed by atoms with Gasteiger partial charge in [0.25, 0.3) is 5.91 Å². The predicted molar refractivity (Wildman–Crippen MR) is 121 cm³/mol. The van der Waals surface area contributed by atoms with Gasteiger partial charge in [0.1, 0.15) is 5.69 Å². The highest BCUT2D eigenvalue weighted by molar-refractivity contribution is 7.80. The van der Waals surface area contributed by atoms with Gasteiger partial charge in [-0.15, -0.1) is 0 Å². The molecule has 2 aromatic carbocycles. The van der Waals surface area contributed by atoms with Crippen molar-refractivity contribution in [3.8, 4) is 5.69 Å². The lowest BCUT2D eigenvalue weighted by atomic mass is 10.2. The van der Waals surface area contributed by atoms with E-state index in [0.717, 1.165) is 34.7 Å². The number of thiocarbonyl (C=S) groups is 1. The molecule has 4 rings (SSSR count). The number of anilines is 2. The van der Waals surface area contributed by atoms with Crippen molar-refractivity contribution in [2.45, 2.75) is 19.0 Å². The number of carbonyl (C=O) groups excluding carboxylic acids is 2. The van der Waals surface area contributed by atoms with Gasteiger partial charge in [-0.1, -0.05) is 18.3 Å². The van der Waals surface area contributed by atoms with Crippen LogP contribution in [0.1, 0.15) is 39.4 Å². The molecule has 0 spiro atoms. The molecular weight excluding hydrogens is 455 g/mol. The van der Waals surface area contributed by atoms with Crippen LogP contribution in [-0.4, -0.2) is 33.1 Å². The van der Waals surface area contributed by atoms with E-state index >= 15 is 0 Å². The van der Waals surface area contributed by atoms with E-state index in [0.29, 0.717) is 11.8 Å². The molecule has 11 heteroatoms. The molecule has 1 saturated heterocycles. The standard InChI is InChI=1S/C22H18F3N5O2S/c23-22(24,25)18-12-17(30(28-18)16-4-1-3-13(11-16)20(26)31)21(32)27-14-6-8-15(9-7-14)29-10-2-5-19(29)33/h1,3-4,6-9,11-12H,2,5,10H2,(H2,26,31)(H,27,32). The molecule has 0 radical (unpaired) electrons. The number of hydrogen-bond donors (Lipinski definition) is 2. The lowest BCUT2D eigenvalue weighted by Crippen LogP contribution is -2.22. The van der Waals surface area contributed by atoms with Gasteiger partial charge in [-0.05, 0) is 55.3 Å². The topological polar surface area (TPSA) is 93.2 Å². The number of primary amides is 1. The normalized spacial score (nSPS) is 13.9. The Kier molecular flexibility index (Phi) is 5.90. The molecule has 170 valence electrons. The molecule has 0 saturated carbocycles. The molecule has 3 aromatic rings. The second-order valence-electron chi connectivity index (χ2n) is 7.39. The van der Waals surface area contributed by atoms with E-state index in [-0.39, 0.29) is 16.9 Å². The lowest BCUT2D eigenvalue weighted by molar-refractivity contribution is -0.141. The van der Waals surface area contributed by atoms with E-state index < -0.39 is 23.7 Å².